The van der Waals surface area contributed by atoms with Crippen LogP contribution in [0, 0.1) is 12.8 Å². The van der Waals surface area contributed by atoms with Crippen LogP contribution in [0.15, 0.2) is 71.6 Å². The van der Waals surface area contributed by atoms with Crippen LogP contribution < -0.4 is 19.1 Å². The van der Waals surface area contributed by atoms with Crippen molar-refractivity contribution in [1.82, 2.24) is 10.2 Å². The van der Waals surface area contributed by atoms with Crippen LogP contribution in [0.3, 0.4) is 0 Å². The SMILES string of the molecule is COc1ccc(CN(C(=O)CN(c2ccc(OC)c(Cl)c2)S(=O)(=O)c2ccc(C)cc2)[C@@H](C)C(=O)NCC(C)C)cc1. The van der Waals surface area contributed by atoms with Crippen LogP contribution in [0.25, 0.3) is 0 Å². The number of hydrogen-bond donors (Lipinski definition) is 1. The monoisotopic (exact) mass is 615 g/mol. The van der Waals surface area contributed by atoms with E-state index >= 15 is 0 Å². The van der Waals surface area contributed by atoms with E-state index in [1.54, 1.807) is 50.4 Å². The Hall–Kier alpha value is -3.76. The number of carbonyl (C=O) groups is 2. The molecule has 0 saturated carbocycles. The van der Waals surface area contributed by atoms with E-state index in [0.29, 0.717) is 18.0 Å². The van der Waals surface area contributed by atoms with Crippen LogP contribution in [-0.2, 0) is 26.2 Å². The molecule has 0 fully saturated rings. The number of nitrogens with one attached hydrogen (secondary N) is 1. The summed E-state index contributed by atoms with van der Waals surface area (Å²) in [7, 11) is -1.21. The number of amides is 2. The average Bonchev–Trinajstić information content (AvgIpc) is 2.97. The van der Waals surface area contributed by atoms with Gasteiger partial charge in [-0.1, -0.05) is 55.3 Å². The predicted molar refractivity (Wildman–Crippen MR) is 165 cm³/mol. The van der Waals surface area contributed by atoms with Gasteiger partial charge in [-0.2, -0.15) is 0 Å². The lowest BCUT2D eigenvalue weighted by molar-refractivity contribution is -0.139. The molecule has 0 aliphatic rings. The molecule has 226 valence electrons. The van der Waals surface area contributed by atoms with Crippen molar-refractivity contribution >= 4 is 39.1 Å². The van der Waals surface area contributed by atoms with Gasteiger partial charge in [0.2, 0.25) is 11.8 Å². The summed E-state index contributed by atoms with van der Waals surface area (Å²) < 4.78 is 39.4. The lowest BCUT2D eigenvalue weighted by Crippen LogP contribution is -2.51. The van der Waals surface area contributed by atoms with Gasteiger partial charge in [0.05, 0.1) is 29.8 Å². The third-order valence-corrected chi connectivity index (χ3v) is 8.76. The maximum Gasteiger partial charge on any atom is 0.264 e. The summed E-state index contributed by atoms with van der Waals surface area (Å²) in [5.41, 5.74) is 1.81. The lowest BCUT2D eigenvalue weighted by Gasteiger charge is -2.32. The topological polar surface area (TPSA) is 105 Å². The Labute approximate surface area is 253 Å². The first-order chi connectivity index (χ1) is 19.9. The molecule has 0 radical (unpaired) electrons. The second kappa shape index (κ2) is 14.4. The third kappa shape index (κ3) is 8.17. The molecule has 0 unspecified atom stereocenters. The number of methoxy groups -OCH3 is 2. The van der Waals surface area contributed by atoms with Crippen molar-refractivity contribution in [3.05, 3.63) is 82.9 Å². The van der Waals surface area contributed by atoms with E-state index in [1.807, 2.05) is 20.8 Å². The average molecular weight is 616 g/mol. The number of aryl methyl sites for hydroxylation is 1. The predicted octanol–water partition coefficient (Wildman–Crippen LogP) is 5.05. The molecule has 0 aliphatic heterocycles. The van der Waals surface area contributed by atoms with Crippen LogP contribution in [0.1, 0.15) is 31.9 Å². The molecule has 0 spiro atoms. The second-order valence-electron chi connectivity index (χ2n) is 10.3. The van der Waals surface area contributed by atoms with Crippen molar-refractivity contribution in [3.63, 3.8) is 0 Å². The molecule has 3 aromatic carbocycles. The molecule has 0 saturated heterocycles. The number of anilines is 1. The second-order valence-corrected chi connectivity index (χ2v) is 12.6. The molecule has 9 nitrogen and oxygen atoms in total. The molecule has 0 aliphatic carbocycles. The highest BCUT2D eigenvalue weighted by Gasteiger charge is 2.33. The van der Waals surface area contributed by atoms with Crippen LogP contribution in [0.2, 0.25) is 5.02 Å². The number of nitrogens with zero attached hydrogens (tertiary/aromatic N) is 2. The van der Waals surface area contributed by atoms with Crippen molar-refractivity contribution < 1.29 is 27.5 Å². The number of halogens is 1. The van der Waals surface area contributed by atoms with Gasteiger partial charge in [0, 0.05) is 13.1 Å². The maximum absolute atomic E-state index is 14.0. The Bertz CT molecular complexity index is 1480. The molecule has 1 N–H and O–H groups in total. The third-order valence-electron chi connectivity index (χ3n) is 6.68. The van der Waals surface area contributed by atoms with E-state index in [4.69, 9.17) is 21.1 Å². The number of benzene rings is 3. The summed E-state index contributed by atoms with van der Waals surface area (Å²) in [6.07, 6.45) is 0. The highest BCUT2D eigenvalue weighted by atomic mass is 35.5. The highest BCUT2D eigenvalue weighted by Crippen LogP contribution is 2.32. The van der Waals surface area contributed by atoms with Gasteiger partial charge in [0.25, 0.3) is 10.0 Å². The number of ether oxygens (including phenoxy) is 2. The fraction of sp³-hybridized carbons (Fsp3) is 0.355. The zero-order valence-corrected chi connectivity index (χ0v) is 26.3. The van der Waals surface area contributed by atoms with E-state index in [9.17, 15) is 18.0 Å². The first kappa shape index (κ1) is 32.8. The van der Waals surface area contributed by atoms with Gasteiger partial charge in [0.15, 0.2) is 0 Å². The van der Waals surface area contributed by atoms with Crippen LogP contribution in [0.5, 0.6) is 11.5 Å². The molecule has 3 aromatic rings. The van der Waals surface area contributed by atoms with Crippen LogP contribution >= 0.6 is 11.6 Å². The van der Waals surface area contributed by atoms with Gasteiger partial charge in [-0.25, -0.2) is 8.42 Å². The van der Waals surface area contributed by atoms with Gasteiger partial charge < -0.3 is 19.7 Å². The minimum atomic E-state index is -4.22. The minimum Gasteiger partial charge on any atom is -0.497 e. The van der Waals surface area contributed by atoms with E-state index in [0.717, 1.165) is 15.4 Å². The summed E-state index contributed by atoms with van der Waals surface area (Å²) in [6, 6.07) is 17.1. The quantitative estimate of drug-likeness (QED) is 0.289. The van der Waals surface area contributed by atoms with Gasteiger partial charge in [0.1, 0.15) is 24.1 Å². The van der Waals surface area contributed by atoms with E-state index < -0.39 is 28.5 Å². The Morgan fingerprint density at radius 1 is 0.929 bits per heavy atom. The molecular formula is C31H38ClN3O6S. The van der Waals surface area contributed by atoms with E-state index in [-0.39, 0.29) is 34.0 Å². The summed E-state index contributed by atoms with van der Waals surface area (Å²) in [5, 5.41) is 3.06. The summed E-state index contributed by atoms with van der Waals surface area (Å²) in [6.45, 7) is 7.35. The van der Waals surface area contributed by atoms with Crippen molar-refractivity contribution in [1.29, 1.82) is 0 Å². The smallest absolute Gasteiger partial charge is 0.264 e. The molecule has 0 heterocycles. The zero-order valence-electron chi connectivity index (χ0n) is 24.8. The molecule has 1 atom stereocenters. The largest absolute Gasteiger partial charge is 0.497 e. The number of rotatable bonds is 13. The normalized spacial score (nSPS) is 12.0. The molecule has 0 aromatic heterocycles. The van der Waals surface area contributed by atoms with Gasteiger partial charge in [-0.15, -0.1) is 0 Å². The molecular weight excluding hydrogens is 578 g/mol. The molecule has 11 heteroatoms. The fourth-order valence-electron chi connectivity index (χ4n) is 4.14. The Morgan fingerprint density at radius 3 is 2.12 bits per heavy atom. The van der Waals surface area contributed by atoms with Crippen molar-refractivity contribution in [2.75, 3.05) is 31.6 Å². The van der Waals surface area contributed by atoms with Gasteiger partial charge in [-0.3, -0.25) is 13.9 Å². The molecule has 42 heavy (non-hydrogen) atoms. The van der Waals surface area contributed by atoms with Crippen molar-refractivity contribution in [2.45, 2.75) is 45.2 Å². The number of carbonyl (C=O) groups excluding carboxylic acids is 2. The standard InChI is InChI=1S/C31H38ClN3O6S/c1-21(2)18-33-31(37)23(4)34(19-24-9-12-26(40-5)13-10-24)30(36)20-35(25-11-16-29(41-6)28(32)17-25)42(38,39)27-14-7-22(3)8-15-27/h7-17,21,23H,18-20H2,1-6H3,(H,33,37)/t23-/m0/s1. The van der Waals surface area contributed by atoms with E-state index in [2.05, 4.69) is 5.32 Å². The van der Waals surface area contributed by atoms with Crippen LogP contribution in [0.4, 0.5) is 5.69 Å². The first-order valence-corrected chi connectivity index (χ1v) is 15.3. The highest BCUT2D eigenvalue weighted by molar-refractivity contribution is 7.92. The molecule has 2 amide bonds. The first-order valence-electron chi connectivity index (χ1n) is 13.5. The summed E-state index contributed by atoms with van der Waals surface area (Å²) >= 11 is 6.37. The van der Waals surface area contributed by atoms with Crippen LogP contribution in [-0.4, -0.2) is 58.5 Å². The molecule has 0 bridgehead atoms. The summed E-state index contributed by atoms with van der Waals surface area (Å²) in [4.78, 5) is 28.5. The zero-order chi connectivity index (χ0) is 31.0. The number of sulfonamides is 1. The van der Waals surface area contributed by atoms with Crippen molar-refractivity contribution in [3.8, 4) is 11.5 Å². The Balaban J connectivity index is 2.04. The number of hydrogen-bond acceptors (Lipinski definition) is 6. The van der Waals surface area contributed by atoms with Gasteiger partial charge in [-0.05, 0) is 67.8 Å². The van der Waals surface area contributed by atoms with Crippen molar-refractivity contribution in [2.24, 2.45) is 5.92 Å². The Morgan fingerprint density at radius 2 is 1.57 bits per heavy atom. The minimum absolute atomic E-state index is 0.0114. The van der Waals surface area contributed by atoms with Gasteiger partial charge >= 0.3 is 0 Å². The lowest BCUT2D eigenvalue weighted by atomic mass is 10.1. The maximum atomic E-state index is 14.0. The fourth-order valence-corrected chi connectivity index (χ4v) is 5.80. The summed E-state index contributed by atoms with van der Waals surface area (Å²) in [5.74, 6) is 0.301. The Kier molecular flexibility index (Phi) is 11.2. The van der Waals surface area contributed by atoms with E-state index in [1.165, 1.54) is 42.3 Å². The molecule has 3 rings (SSSR count).